The monoisotopic (exact) mass is 551 g/mol. The highest BCUT2D eigenvalue weighted by atomic mass is 32.2. The fourth-order valence-corrected chi connectivity index (χ4v) is 7.99. The lowest BCUT2D eigenvalue weighted by molar-refractivity contribution is 0.312. The zero-order valence-corrected chi connectivity index (χ0v) is 24.3. The van der Waals surface area contributed by atoms with Crippen molar-refractivity contribution in [2.75, 3.05) is 69.6 Å². The van der Waals surface area contributed by atoms with Gasteiger partial charge in [0.2, 0.25) is 20.0 Å². The average Bonchev–Trinajstić information content (AvgIpc) is 2.89. The molecule has 0 amide bonds. The number of rotatable bonds is 12. The number of sulfonamides is 2. The fraction of sp³-hybridized carbons (Fsp3) is 0.538. The number of benzene rings is 2. The second kappa shape index (κ2) is 12.6. The minimum atomic E-state index is -3.95. The first-order chi connectivity index (χ1) is 17.6. The fourth-order valence-electron chi connectivity index (χ4n) is 4.60. The van der Waals surface area contributed by atoms with Crippen molar-refractivity contribution in [3.8, 4) is 0 Å². The van der Waals surface area contributed by atoms with Gasteiger partial charge in [-0.3, -0.25) is 0 Å². The van der Waals surface area contributed by atoms with E-state index in [9.17, 15) is 16.8 Å². The molecule has 1 N–H and O–H groups in total. The Bertz CT molecular complexity index is 1240. The molecule has 206 valence electrons. The molecule has 1 heterocycles. The molecule has 0 unspecified atom stereocenters. The summed E-state index contributed by atoms with van der Waals surface area (Å²) in [4.78, 5) is 4.27. The SMILES string of the molecule is CCN(CC)S(=O)(=O)c1cc(S(=O)(=O)N(CC)CC)c(N2CCN(C)CC2)cc1NCc1ccccc1. The van der Waals surface area contributed by atoms with E-state index < -0.39 is 20.0 Å². The number of anilines is 2. The number of nitrogens with zero attached hydrogens (tertiary/aromatic N) is 4. The highest BCUT2D eigenvalue weighted by Gasteiger charge is 2.33. The normalized spacial score (nSPS) is 15.5. The Labute approximate surface area is 223 Å². The standard InChI is InChI=1S/C26H41N5O4S2/c1-6-30(7-2)36(32,33)25-20-26(37(34,35)31(8-3)9-4)24(29-17-15-28(5)16-18-29)19-23(25)27-21-22-13-11-10-12-14-22/h10-14,19-20,27H,6-9,15-18,21H2,1-5H3. The Morgan fingerprint density at radius 2 is 1.27 bits per heavy atom. The van der Waals surface area contributed by atoms with E-state index in [4.69, 9.17) is 0 Å². The highest BCUT2D eigenvalue weighted by molar-refractivity contribution is 7.90. The van der Waals surface area contributed by atoms with E-state index in [1.54, 1.807) is 33.8 Å². The van der Waals surface area contributed by atoms with Crippen molar-refractivity contribution in [3.63, 3.8) is 0 Å². The van der Waals surface area contributed by atoms with E-state index in [0.717, 1.165) is 18.7 Å². The van der Waals surface area contributed by atoms with Crippen molar-refractivity contribution < 1.29 is 16.8 Å². The molecular formula is C26H41N5O4S2. The maximum Gasteiger partial charge on any atom is 0.245 e. The number of hydrogen-bond acceptors (Lipinski definition) is 7. The van der Waals surface area contributed by atoms with Crippen molar-refractivity contribution in [1.29, 1.82) is 0 Å². The first-order valence-corrected chi connectivity index (χ1v) is 15.9. The molecule has 1 saturated heterocycles. The number of piperazine rings is 1. The second-order valence-corrected chi connectivity index (χ2v) is 12.9. The summed E-state index contributed by atoms with van der Waals surface area (Å²) < 4.78 is 58.1. The van der Waals surface area contributed by atoms with Crippen molar-refractivity contribution >= 4 is 31.4 Å². The van der Waals surface area contributed by atoms with Crippen molar-refractivity contribution in [2.24, 2.45) is 0 Å². The summed E-state index contributed by atoms with van der Waals surface area (Å²) in [5.74, 6) is 0. The number of hydrogen-bond donors (Lipinski definition) is 1. The lowest BCUT2D eigenvalue weighted by Gasteiger charge is -2.36. The molecule has 0 saturated carbocycles. The molecule has 0 bridgehead atoms. The third-order valence-corrected chi connectivity index (χ3v) is 11.0. The van der Waals surface area contributed by atoms with Gasteiger partial charge in [0.1, 0.15) is 9.79 Å². The lowest BCUT2D eigenvalue weighted by atomic mass is 10.2. The van der Waals surface area contributed by atoms with Gasteiger partial charge in [-0.05, 0) is 24.7 Å². The zero-order chi connectivity index (χ0) is 27.2. The summed E-state index contributed by atoms with van der Waals surface area (Å²) in [6, 6.07) is 12.8. The van der Waals surface area contributed by atoms with Crippen LogP contribution in [0.5, 0.6) is 0 Å². The van der Waals surface area contributed by atoms with Gasteiger partial charge in [0.15, 0.2) is 0 Å². The van der Waals surface area contributed by atoms with Crippen LogP contribution in [0.15, 0.2) is 52.3 Å². The van der Waals surface area contributed by atoms with Gasteiger partial charge in [-0.2, -0.15) is 8.61 Å². The molecule has 0 aromatic heterocycles. The van der Waals surface area contributed by atoms with E-state index in [0.29, 0.717) is 44.1 Å². The summed E-state index contributed by atoms with van der Waals surface area (Å²) in [6.45, 7) is 11.6. The van der Waals surface area contributed by atoms with Gasteiger partial charge in [-0.1, -0.05) is 58.0 Å². The van der Waals surface area contributed by atoms with Crippen LogP contribution >= 0.6 is 0 Å². The molecule has 37 heavy (non-hydrogen) atoms. The van der Waals surface area contributed by atoms with Gasteiger partial charge < -0.3 is 15.1 Å². The second-order valence-electron chi connectivity index (χ2n) is 9.12. The predicted octanol–water partition coefficient (Wildman–Crippen LogP) is 3.11. The van der Waals surface area contributed by atoms with Crippen LogP contribution in [0.1, 0.15) is 33.3 Å². The van der Waals surface area contributed by atoms with Crippen LogP contribution < -0.4 is 10.2 Å². The summed E-state index contributed by atoms with van der Waals surface area (Å²) in [5.41, 5.74) is 1.94. The Morgan fingerprint density at radius 1 is 0.757 bits per heavy atom. The van der Waals surface area contributed by atoms with Crippen molar-refractivity contribution in [1.82, 2.24) is 13.5 Å². The minimum absolute atomic E-state index is 0.0178. The Kier molecular flexibility index (Phi) is 9.99. The number of nitrogens with one attached hydrogen (secondary N) is 1. The molecule has 2 aromatic carbocycles. The quantitative estimate of drug-likeness (QED) is 0.433. The molecule has 9 nitrogen and oxygen atoms in total. The molecular weight excluding hydrogens is 510 g/mol. The first-order valence-electron chi connectivity index (χ1n) is 13.0. The number of likely N-dealkylation sites (N-methyl/N-ethyl adjacent to an activating group) is 1. The van der Waals surface area contributed by atoms with E-state index >= 15 is 0 Å². The summed E-state index contributed by atoms with van der Waals surface area (Å²) in [6.07, 6.45) is 0. The molecule has 0 radical (unpaired) electrons. The minimum Gasteiger partial charge on any atom is -0.380 e. The molecule has 1 aliphatic heterocycles. The van der Waals surface area contributed by atoms with Crippen LogP contribution in [-0.4, -0.2) is 89.8 Å². The molecule has 11 heteroatoms. The largest absolute Gasteiger partial charge is 0.380 e. The van der Waals surface area contributed by atoms with Gasteiger partial charge in [0, 0.05) is 58.9 Å². The van der Waals surface area contributed by atoms with Gasteiger partial charge >= 0.3 is 0 Å². The smallest absolute Gasteiger partial charge is 0.245 e. The van der Waals surface area contributed by atoms with E-state index in [2.05, 4.69) is 15.1 Å². The Hall–Kier alpha value is -2.18. The molecule has 0 atom stereocenters. The molecule has 1 fully saturated rings. The van der Waals surface area contributed by atoms with E-state index in [1.807, 2.05) is 37.4 Å². The van der Waals surface area contributed by atoms with Crippen LogP contribution in [0.2, 0.25) is 0 Å². The third-order valence-electron chi connectivity index (χ3n) is 6.88. The highest BCUT2D eigenvalue weighted by Crippen LogP contribution is 2.37. The summed E-state index contributed by atoms with van der Waals surface area (Å²) >= 11 is 0. The van der Waals surface area contributed by atoms with Gasteiger partial charge in [-0.25, -0.2) is 16.8 Å². The molecule has 2 aromatic rings. The lowest BCUT2D eigenvalue weighted by Crippen LogP contribution is -2.45. The van der Waals surface area contributed by atoms with Gasteiger partial charge in [0.05, 0.1) is 11.4 Å². The molecule has 0 spiro atoms. The summed E-state index contributed by atoms with van der Waals surface area (Å²) in [7, 11) is -5.85. The van der Waals surface area contributed by atoms with Crippen LogP contribution in [0.25, 0.3) is 0 Å². The Morgan fingerprint density at radius 3 is 1.78 bits per heavy atom. The van der Waals surface area contributed by atoms with E-state index in [1.165, 1.54) is 14.7 Å². The van der Waals surface area contributed by atoms with E-state index in [-0.39, 0.29) is 22.9 Å². The van der Waals surface area contributed by atoms with Crippen LogP contribution in [0, 0.1) is 0 Å². The maximum absolute atomic E-state index is 13.9. The van der Waals surface area contributed by atoms with Crippen LogP contribution in [0.4, 0.5) is 11.4 Å². The third kappa shape index (κ3) is 6.46. The first kappa shape index (κ1) is 29.4. The summed E-state index contributed by atoms with van der Waals surface area (Å²) in [5, 5.41) is 3.31. The molecule has 0 aliphatic carbocycles. The maximum atomic E-state index is 13.9. The van der Waals surface area contributed by atoms with Crippen molar-refractivity contribution in [3.05, 3.63) is 48.0 Å². The topological polar surface area (TPSA) is 93.3 Å². The van der Waals surface area contributed by atoms with Gasteiger partial charge in [0.25, 0.3) is 0 Å². The zero-order valence-electron chi connectivity index (χ0n) is 22.6. The molecule has 3 rings (SSSR count). The van der Waals surface area contributed by atoms with Crippen LogP contribution in [0.3, 0.4) is 0 Å². The Balaban J connectivity index is 2.25. The average molecular weight is 552 g/mol. The van der Waals surface area contributed by atoms with Crippen molar-refractivity contribution in [2.45, 2.75) is 44.0 Å². The van der Waals surface area contributed by atoms with Gasteiger partial charge in [-0.15, -0.1) is 0 Å². The van der Waals surface area contributed by atoms with Crippen LogP contribution in [-0.2, 0) is 26.6 Å². The molecule has 1 aliphatic rings. The predicted molar refractivity (Wildman–Crippen MR) is 150 cm³/mol.